The first-order valence-corrected chi connectivity index (χ1v) is 10.5. The quantitative estimate of drug-likeness (QED) is 0.367. The Hall–Kier alpha value is -3.19. The van der Waals surface area contributed by atoms with Crippen LogP contribution in [0.15, 0.2) is 46.0 Å². The van der Waals surface area contributed by atoms with Gasteiger partial charge in [0.1, 0.15) is 21.9 Å². The van der Waals surface area contributed by atoms with Crippen molar-refractivity contribution in [1.82, 2.24) is 14.4 Å². The molecule has 0 atom stereocenters. The Kier molecular flexibility index (Phi) is 4.41. The highest BCUT2D eigenvalue weighted by Gasteiger charge is 2.45. The van der Waals surface area contributed by atoms with Crippen molar-refractivity contribution < 1.29 is 22.3 Å². The Bertz CT molecular complexity index is 1350. The molecule has 3 heterocycles. The average Bonchev–Trinajstić information content (AvgIpc) is 3.29. The van der Waals surface area contributed by atoms with Crippen LogP contribution in [0.5, 0.6) is 5.75 Å². The van der Waals surface area contributed by atoms with E-state index < -0.39 is 11.8 Å². The molecule has 0 radical (unpaired) electrons. The van der Waals surface area contributed by atoms with Gasteiger partial charge < -0.3 is 9.15 Å². The lowest BCUT2D eigenvalue weighted by Crippen LogP contribution is -2.16. The smallest absolute Gasteiger partial charge is 0.435 e. The van der Waals surface area contributed by atoms with E-state index in [1.165, 1.54) is 18.2 Å². The zero-order valence-corrected chi connectivity index (χ0v) is 17.0. The predicted molar refractivity (Wildman–Crippen MR) is 108 cm³/mol. The average molecular weight is 444 g/mol. The summed E-state index contributed by atoms with van der Waals surface area (Å²) in [6.07, 6.45) is -1.24. The van der Waals surface area contributed by atoms with Crippen LogP contribution >= 0.6 is 11.8 Å². The molecule has 31 heavy (non-hydrogen) atoms. The molecule has 1 aromatic carbocycles. The third-order valence-corrected chi connectivity index (χ3v) is 6.13. The van der Waals surface area contributed by atoms with Crippen molar-refractivity contribution in [3.8, 4) is 23.4 Å². The van der Waals surface area contributed by atoms with Crippen LogP contribution in [0, 0.1) is 11.3 Å². The number of alkyl halides is 3. The number of oxazole rings is 1. The molecule has 1 aliphatic rings. The number of ether oxygens (including phenoxy) is 1. The molecule has 0 N–H and O–H groups in total. The molecule has 0 bridgehead atoms. The van der Waals surface area contributed by atoms with Gasteiger partial charge in [-0.2, -0.15) is 5.26 Å². The molecule has 1 saturated carbocycles. The van der Waals surface area contributed by atoms with Crippen molar-refractivity contribution in [3.05, 3.63) is 42.1 Å². The van der Waals surface area contributed by atoms with Crippen molar-refractivity contribution in [2.24, 2.45) is 0 Å². The summed E-state index contributed by atoms with van der Waals surface area (Å²) < 4.78 is 49.2. The summed E-state index contributed by atoms with van der Waals surface area (Å²) in [7, 11) is 0. The van der Waals surface area contributed by atoms with Crippen LogP contribution in [0.4, 0.5) is 13.2 Å². The molecular weight excluding hydrogens is 429 g/mol. The Labute approximate surface area is 178 Å². The molecule has 10 heteroatoms. The molecule has 1 fully saturated rings. The van der Waals surface area contributed by atoms with Crippen molar-refractivity contribution in [1.29, 1.82) is 5.26 Å². The molecule has 6 nitrogen and oxygen atoms in total. The summed E-state index contributed by atoms with van der Waals surface area (Å²) in [6, 6.07) is 9.96. The Morgan fingerprint density at radius 1 is 1.26 bits per heavy atom. The van der Waals surface area contributed by atoms with Crippen molar-refractivity contribution in [2.45, 2.75) is 36.6 Å². The summed E-state index contributed by atoms with van der Waals surface area (Å²) >= 11 is 1.55. The minimum absolute atomic E-state index is 0.210. The maximum Gasteiger partial charge on any atom is 0.573 e. The molecule has 0 unspecified atom stereocenters. The van der Waals surface area contributed by atoms with E-state index in [9.17, 15) is 18.4 Å². The normalized spacial score (nSPS) is 15.3. The second-order valence-corrected chi connectivity index (χ2v) is 8.49. The summed E-state index contributed by atoms with van der Waals surface area (Å²) in [4.78, 5) is 9.04. The van der Waals surface area contributed by atoms with Crippen molar-refractivity contribution >= 4 is 28.5 Å². The van der Waals surface area contributed by atoms with Gasteiger partial charge in [-0.15, -0.1) is 24.9 Å². The molecule has 0 amide bonds. The number of thioether (sulfide) groups is 1. The first-order chi connectivity index (χ1) is 14.8. The van der Waals surface area contributed by atoms with E-state index in [4.69, 9.17) is 4.42 Å². The summed E-state index contributed by atoms with van der Waals surface area (Å²) in [5, 5.41) is 10.3. The highest BCUT2D eigenvalue weighted by molar-refractivity contribution is 7.99. The maximum atomic E-state index is 12.5. The van der Waals surface area contributed by atoms with E-state index in [1.54, 1.807) is 11.8 Å². The fraction of sp³-hybridized carbons (Fsp3) is 0.286. The second-order valence-electron chi connectivity index (χ2n) is 7.23. The Morgan fingerprint density at radius 3 is 2.74 bits per heavy atom. The zero-order valence-electron chi connectivity index (χ0n) is 16.2. The largest absolute Gasteiger partial charge is 0.573 e. The third kappa shape index (κ3) is 3.49. The standard InChI is InChI=1S/C21H15F3N4O2S/c1-2-31-19-17(27-16-9-12(5-8-28(16)19)20(11-25)6-7-20)18-26-14-10-13(30-21(22,23)24)3-4-15(14)29-18/h3-5,8-10H,2,6-7H2,1H3. The molecular formula is C21H15F3N4O2S. The van der Waals surface area contributed by atoms with Gasteiger partial charge in [-0.3, -0.25) is 4.40 Å². The lowest BCUT2D eigenvalue weighted by molar-refractivity contribution is -0.274. The minimum atomic E-state index is -4.78. The van der Waals surface area contributed by atoms with Crippen LogP contribution in [0.1, 0.15) is 25.3 Å². The van der Waals surface area contributed by atoms with Crippen LogP contribution in [0.25, 0.3) is 28.3 Å². The lowest BCUT2D eigenvalue weighted by Gasteiger charge is -2.07. The van der Waals surface area contributed by atoms with Gasteiger partial charge in [0, 0.05) is 12.3 Å². The first-order valence-electron chi connectivity index (χ1n) is 9.55. The van der Waals surface area contributed by atoms with E-state index >= 15 is 0 Å². The number of benzene rings is 1. The monoisotopic (exact) mass is 444 g/mol. The van der Waals surface area contributed by atoms with Gasteiger partial charge in [0.05, 0.1) is 11.5 Å². The number of rotatable bonds is 5. The molecule has 0 spiro atoms. The van der Waals surface area contributed by atoms with Gasteiger partial charge >= 0.3 is 6.36 Å². The molecule has 4 aromatic rings. The fourth-order valence-electron chi connectivity index (χ4n) is 3.53. The van der Waals surface area contributed by atoms with Gasteiger partial charge in [0.2, 0.25) is 5.89 Å². The van der Waals surface area contributed by atoms with E-state index in [0.29, 0.717) is 16.9 Å². The molecule has 5 rings (SSSR count). The third-order valence-electron chi connectivity index (χ3n) is 5.18. The molecule has 0 saturated heterocycles. The molecule has 3 aromatic heterocycles. The maximum absolute atomic E-state index is 12.5. The second kappa shape index (κ2) is 6.92. The minimum Gasteiger partial charge on any atom is -0.435 e. The summed E-state index contributed by atoms with van der Waals surface area (Å²) in [5.41, 5.74) is 2.23. The van der Waals surface area contributed by atoms with Gasteiger partial charge in [0.15, 0.2) is 11.3 Å². The van der Waals surface area contributed by atoms with Crippen LogP contribution in [0.3, 0.4) is 0 Å². The highest BCUT2D eigenvalue weighted by Crippen LogP contribution is 2.48. The highest BCUT2D eigenvalue weighted by atomic mass is 32.2. The predicted octanol–water partition coefficient (Wildman–Crippen LogP) is 5.71. The van der Waals surface area contributed by atoms with Crippen LogP contribution in [0.2, 0.25) is 0 Å². The van der Waals surface area contributed by atoms with E-state index in [-0.39, 0.29) is 17.2 Å². The number of imidazole rings is 1. The Balaban J connectivity index is 1.60. The number of aromatic nitrogens is 3. The van der Waals surface area contributed by atoms with Crippen molar-refractivity contribution in [3.63, 3.8) is 0 Å². The molecule has 0 aliphatic heterocycles. The number of fused-ring (bicyclic) bond motifs is 2. The van der Waals surface area contributed by atoms with Crippen LogP contribution in [-0.4, -0.2) is 26.5 Å². The molecule has 158 valence electrons. The fourth-order valence-corrected chi connectivity index (χ4v) is 4.37. The number of hydrogen-bond donors (Lipinski definition) is 0. The van der Waals surface area contributed by atoms with E-state index in [1.807, 2.05) is 29.7 Å². The zero-order chi connectivity index (χ0) is 21.8. The lowest BCUT2D eigenvalue weighted by atomic mass is 9.99. The number of nitriles is 1. The van der Waals surface area contributed by atoms with E-state index in [2.05, 4.69) is 20.8 Å². The number of halogens is 3. The van der Waals surface area contributed by atoms with Crippen molar-refractivity contribution in [2.75, 3.05) is 5.75 Å². The van der Waals surface area contributed by atoms with Crippen LogP contribution in [-0.2, 0) is 5.41 Å². The number of nitrogens with zero attached hydrogens (tertiary/aromatic N) is 4. The number of pyridine rings is 1. The summed E-state index contributed by atoms with van der Waals surface area (Å²) in [6.45, 7) is 2.00. The molecule has 1 aliphatic carbocycles. The van der Waals surface area contributed by atoms with Gasteiger partial charge in [-0.05, 0) is 48.4 Å². The number of hydrogen-bond acceptors (Lipinski definition) is 6. The Morgan fingerprint density at radius 2 is 2.06 bits per heavy atom. The summed E-state index contributed by atoms with van der Waals surface area (Å²) in [5.74, 6) is 0.616. The topological polar surface area (TPSA) is 76.3 Å². The SMILES string of the molecule is CCSc1c(-c2nc3cc(OC(F)(F)F)ccc3o2)nc2cc(C3(C#N)CC3)ccn12. The van der Waals surface area contributed by atoms with E-state index in [0.717, 1.165) is 29.2 Å². The first kappa shape index (κ1) is 19.8. The van der Waals surface area contributed by atoms with Gasteiger partial charge in [-0.1, -0.05) is 6.92 Å². The van der Waals surface area contributed by atoms with Gasteiger partial charge in [-0.25, -0.2) is 9.97 Å². The van der Waals surface area contributed by atoms with Crippen LogP contribution < -0.4 is 4.74 Å². The van der Waals surface area contributed by atoms with Gasteiger partial charge in [0.25, 0.3) is 0 Å².